The molecule has 0 aliphatic heterocycles. The molecule has 0 unspecified atom stereocenters. The van der Waals surface area contributed by atoms with Crippen LogP contribution in [-0.4, -0.2) is 34.0 Å². The zero-order valence-electron chi connectivity index (χ0n) is 9.20. The van der Waals surface area contributed by atoms with Crippen molar-refractivity contribution in [1.82, 2.24) is 0 Å². The van der Waals surface area contributed by atoms with Crippen LogP contribution < -0.4 is 51.4 Å². The van der Waals surface area contributed by atoms with Crippen LogP contribution in [0.5, 0.6) is 0 Å². The summed E-state index contributed by atoms with van der Waals surface area (Å²) in [6, 6.07) is 0. The van der Waals surface area contributed by atoms with Crippen LogP contribution in [0.25, 0.3) is 0 Å². The van der Waals surface area contributed by atoms with Gasteiger partial charge in [0, 0.05) is 0 Å². The molecule has 0 rings (SSSR count). The van der Waals surface area contributed by atoms with Crippen molar-refractivity contribution in [3.63, 3.8) is 0 Å². The molecule has 3 N–H and O–H groups in total. The first kappa shape index (κ1) is 29.4. The van der Waals surface area contributed by atoms with E-state index in [1.54, 1.807) is 0 Å². The molecule has 0 atom stereocenters. The van der Waals surface area contributed by atoms with E-state index in [-0.39, 0.29) is 52.8 Å². The quantitative estimate of drug-likeness (QED) is 0.420. The molecule has 0 aromatic heterocycles. The summed E-state index contributed by atoms with van der Waals surface area (Å²) in [7, 11) is 0. The summed E-state index contributed by atoms with van der Waals surface area (Å²) in [6.07, 6.45) is -7.00. The molecule has 88 valence electrons. The van der Waals surface area contributed by atoms with Gasteiger partial charge in [0.25, 0.3) is 0 Å². The molecule has 0 saturated carbocycles. The van der Waals surface area contributed by atoms with E-state index in [0.717, 1.165) is 0 Å². The van der Waals surface area contributed by atoms with Gasteiger partial charge in [0.2, 0.25) is 0 Å². The van der Waals surface area contributed by atoms with E-state index in [2.05, 4.69) is 0 Å². The Balaban J connectivity index is -0.0000000205. The van der Waals surface area contributed by atoms with Gasteiger partial charge < -0.3 is 16.7 Å². The molecule has 0 radical (unpaired) electrons. The van der Waals surface area contributed by atoms with Gasteiger partial charge in [0.15, 0.2) is 0 Å². The summed E-state index contributed by atoms with van der Waals surface area (Å²) in [6.45, 7) is 4.00. The van der Waals surface area contributed by atoms with Crippen molar-refractivity contribution in [3.05, 3.63) is 0 Å². The van der Waals surface area contributed by atoms with Gasteiger partial charge in [-0.25, -0.2) is 14.4 Å². The first-order chi connectivity index (χ1) is 6.20. The first-order valence-electron chi connectivity index (χ1n) is 2.85. The van der Waals surface area contributed by atoms with E-state index in [0.29, 0.717) is 0 Å². The average molecular weight is 262 g/mol. The maximum Gasteiger partial charge on any atom is 1.00 e. The minimum Gasteiger partial charge on any atom is -1.00 e. The van der Waals surface area contributed by atoms with Gasteiger partial charge >= 0.3 is 70.1 Å². The molecule has 0 aliphatic carbocycles. The van der Waals surface area contributed by atoms with Crippen molar-refractivity contribution in [2.45, 2.75) is 13.8 Å². The maximum absolute atomic E-state index is 9.92. The molecule has 0 heterocycles. The number of halogens is 3. The molecule has 0 bridgehead atoms. The Labute approximate surface area is 127 Å². The number of carboxylic acid groups (broad SMARTS) is 3. The maximum atomic E-state index is 9.92. The molecule has 0 spiro atoms. The minimum atomic E-state index is -2.33. The molecule has 0 aromatic rings. The fourth-order valence-electron chi connectivity index (χ4n) is 0. The summed E-state index contributed by atoms with van der Waals surface area (Å²) in [5.41, 5.74) is 0. The largest absolute Gasteiger partial charge is 1.00 e. The van der Waals surface area contributed by atoms with E-state index < -0.39 is 18.7 Å². The van der Waals surface area contributed by atoms with Crippen molar-refractivity contribution in [1.29, 1.82) is 0 Å². The third-order valence-electron chi connectivity index (χ3n) is 0. The standard InChI is InChI=1S/C2H6.3CHFO2.K.H/c1-2;3*2-1(3)4;;/h1-2H3;3*(H,3,4);;/q;;;;+1;-1. The van der Waals surface area contributed by atoms with E-state index in [1.165, 1.54) is 0 Å². The molecule has 10 heteroatoms. The zero-order valence-corrected chi connectivity index (χ0v) is 11.3. The Hall–Kier alpha value is -0.164. The van der Waals surface area contributed by atoms with Crippen LogP contribution in [0.3, 0.4) is 0 Å². The Morgan fingerprint density at radius 2 is 0.800 bits per heavy atom. The third kappa shape index (κ3) is 72400. The minimum absolute atomic E-state index is 0. The summed E-state index contributed by atoms with van der Waals surface area (Å²) < 4.78 is 29.8. The van der Waals surface area contributed by atoms with Crippen LogP contribution in [0.2, 0.25) is 0 Å². The van der Waals surface area contributed by atoms with Gasteiger partial charge in [-0.1, -0.05) is 13.8 Å². The van der Waals surface area contributed by atoms with Crippen LogP contribution in [0.1, 0.15) is 15.3 Å². The van der Waals surface area contributed by atoms with E-state index >= 15 is 0 Å². The second-order valence-corrected chi connectivity index (χ2v) is 0.759. The summed E-state index contributed by atoms with van der Waals surface area (Å²) >= 11 is 0. The average Bonchev–Trinajstić information content (AvgIpc) is 1.86. The summed E-state index contributed by atoms with van der Waals surface area (Å²) in [5.74, 6) is 0. The van der Waals surface area contributed by atoms with Crippen molar-refractivity contribution in [2.24, 2.45) is 0 Å². The van der Waals surface area contributed by atoms with Gasteiger partial charge in [-0.3, -0.25) is 0 Å². The number of hydrogen-bond donors (Lipinski definition) is 3. The smallest absolute Gasteiger partial charge is 1.00 e. The van der Waals surface area contributed by atoms with E-state index in [1.807, 2.05) is 13.8 Å². The number of rotatable bonds is 0. The molecule has 15 heavy (non-hydrogen) atoms. The SMILES string of the molecule is CC.O=C(O)F.O=C(O)F.O=C(O)F.[H-].[K+]. The molecule has 0 fully saturated rings. The fourth-order valence-corrected chi connectivity index (χ4v) is 0. The Morgan fingerprint density at radius 3 is 0.800 bits per heavy atom. The molecule has 6 nitrogen and oxygen atoms in total. The topological polar surface area (TPSA) is 112 Å². The molecule has 0 aromatic carbocycles. The Bertz CT molecular complexity index is 130. The van der Waals surface area contributed by atoms with Gasteiger partial charge in [0.1, 0.15) is 0 Å². The summed E-state index contributed by atoms with van der Waals surface area (Å²) in [5, 5.41) is 20.2. The van der Waals surface area contributed by atoms with E-state index in [9.17, 15) is 13.2 Å². The van der Waals surface area contributed by atoms with E-state index in [4.69, 9.17) is 29.7 Å². The van der Waals surface area contributed by atoms with Gasteiger partial charge in [-0.15, -0.1) is 13.2 Å². The van der Waals surface area contributed by atoms with Crippen LogP contribution in [0.15, 0.2) is 0 Å². The molecule has 0 aliphatic rings. The van der Waals surface area contributed by atoms with Gasteiger partial charge in [-0.2, -0.15) is 0 Å². The van der Waals surface area contributed by atoms with Crippen LogP contribution in [0, 0.1) is 0 Å². The van der Waals surface area contributed by atoms with Crippen LogP contribution >= 0.6 is 0 Å². The summed E-state index contributed by atoms with van der Waals surface area (Å²) in [4.78, 5) is 25.0. The predicted octanol–water partition coefficient (Wildman–Crippen LogP) is 0.0444. The second kappa shape index (κ2) is 29.2. The van der Waals surface area contributed by atoms with Crippen LogP contribution in [0.4, 0.5) is 27.6 Å². The van der Waals surface area contributed by atoms with Crippen molar-refractivity contribution >= 4 is 18.7 Å². The van der Waals surface area contributed by atoms with Crippen molar-refractivity contribution in [3.8, 4) is 0 Å². The second-order valence-electron chi connectivity index (χ2n) is 0.759. The number of carbonyl (C=O) groups is 3. The Kier molecular flexibility index (Phi) is 57.1. The molecule has 0 amide bonds. The van der Waals surface area contributed by atoms with Crippen molar-refractivity contribution < 1.29 is 95.7 Å². The molecular weight excluding hydrogens is 252 g/mol. The normalized spacial score (nSPS) is 5.40. The van der Waals surface area contributed by atoms with Crippen LogP contribution in [-0.2, 0) is 0 Å². The molecule has 0 saturated heterocycles. The van der Waals surface area contributed by atoms with Gasteiger partial charge in [-0.05, 0) is 0 Å². The van der Waals surface area contributed by atoms with Gasteiger partial charge in [0.05, 0.1) is 0 Å². The third-order valence-corrected chi connectivity index (χ3v) is 0. The fraction of sp³-hybridized carbons (Fsp3) is 0.400. The number of hydrogen-bond acceptors (Lipinski definition) is 3. The monoisotopic (exact) mass is 262 g/mol. The van der Waals surface area contributed by atoms with Crippen molar-refractivity contribution in [2.75, 3.05) is 0 Å². The predicted molar refractivity (Wildman–Crippen MR) is 39.9 cm³/mol. The Morgan fingerprint density at radius 1 is 0.800 bits per heavy atom. The molecular formula is C5H10F3KO6. The first-order valence-corrected chi connectivity index (χ1v) is 2.85. The zero-order chi connectivity index (χ0) is 12.7.